The highest BCUT2D eigenvalue weighted by atomic mass is 35.5. The van der Waals surface area contributed by atoms with Crippen molar-refractivity contribution in [1.29, 1.82) is 0 Å². The molecular weight excluding hydrogens is 559 g/mol. The van der Waals surface area contributed by atoms with Gasteiger partial charge in [0.15, 0.2) is 0 Å². The lowest BCUT2D eigenvalue weighted by molar-refractivity contribution is -0.132. The summed E-state index contributed by atoms with van der Waals surface area (Å²) >= 11 is 6.60. The Bertz CT molecular complexity index is 1450. The molecule has 2 aliphatic rings. The Morgan fingerprint density at radius 2 is 1.71 bits per heavy atom. The highest BCUT2D eigenvalue weighted by molar-refractivity contribution is 6.32. The minimum Gasteiger partial charge on any atom is -0.353 e. The topological polar surface area (TPSA) is 104 Å². The Labute approximate surface area is 239 Å². The van der Waals surface area contributed by atoms with E-state index < -0.39 is 47.0 Å². The molecule has 1 saturated heterocycles. The molecule has 8 nitrogen and oxygen atoms in total. The quantitative estimate of drug-likeness (QED) is 0.394. The number of hydrogen-bond donors (Lipinski definition) is 2. The smallest absolute Gasteiger partial charge is 0.252 e. The number of nitrogens with one attached hydrogen (secondary N) is 2. The monoisotopic (exact) mass is 585 g/mol. The van der Waals surface area contributed by atoms with E-state index in [1.54, 1.807) is 24.3 Å². The first kappa shape index (κ1) is 28.5. The van der Waals surface area contributed by atoms with Crippen LogP contribution in [0.3, 0.4) is 0 Å². The van der Waals surface area contributed by atoms with Gasteiger partial charge in [0.1, 0.15) is 11.4 Å². The second-order valence-electron chi connectivity index (χ2n) is 10.3. The number of hydrogen-bond acceptors (Lipinski definition) is 5. The van der Waals surface area contributed by atoms with Crippen molar-refractivity contribution in [2.24, 2.45) is 0 Å². The van der Waals surface area contributed by atoms with Crippen molar-refractivity contribution < 1.29 is 27.6 Å². The number of halogens is 4. The summed E-state index contributed by atoms with van der Waals surface area (Å²) in [5.74, 6) is -6.87. The van der Waals surface area contributed by atoms with E-state index in [2.05, 4.69) is 20.6 Å². The Hall–Kier alpha value is -3.99. The zero-order valence-corrected chi connectivity index (χ0v) is 22.6. The summed E-state index contributed by atoms with van der Waals surface area (Å²) in [6, 6.07) is 12.6. The third-order valence-corrected chi connectivity index (χ3v) is 7.96. The van der Waals surface area contributed by atoms with E-state index in [1.807, 2.05) is 0 Å². The molecular formula is C29H27ClF3N5O3. The van der Waals surface area contributed by atoms with E-state index in [9.17, 15) is 27.6 Å². The Kier molecular flexibility index (Phi) is 7.99. The largest absolute Gasteiger partial charge is 0.353 e. The minimum atomic E-state index is -2.81. The van der Waals surface area contributed by atoms with E-state index in [4.69, 9.17) is 11.6 Å². The maximum absolute atomic E-state index is 14.4. The molecule has 1 saturated carbocycles. The Balaban J connectivity index is 1.64. The maximum Gasteiger partial charge on any atom is 0.252 e. The summed E-state index contributed by atoms with van der Waals surface area (Å²) in [6.45, 7) is 0. The van der Waals surface area contributed by atoms with E-state index in [0.717, 1.165) is 11.0 Å². The number of aromatic nitrogens is 2. The van der Waals surface area contributed by atoms with Crippen molar-refractivity contribution in [3.05, 3.63) is 83.4 Å². The molecule has 1 aliphatic carbocycles. The lowest BCUT2D eigenvalue weighted by Gasteiger charge is -2.42. The van der Waals surface area contributed by atoms with Crippen LogP contribution in [0, 0.1) is 5.82 Å². The average Bonchev–Trinajstić information content (AvgIpc) is 3.29. The van der Waals surface area contributed by atoms with Gasteiger partial charge in [-0.15, -0.1) is 0 Å². The zero-order chi connectivity index (χ0) is 29.2. The number of benzene rings is 2. The molecule has 0 radical (unpaired) electrons. The van der Waals surface area contributed by atoms with Gasteiger partial charge in [0.25, 0.3) is 5.91 Å². The van der Waals surface area contributed by atoms with Crippen molar-refractivity contribution in [3.8, 4) is 0 Å². The van der Waals surface area contributed by atoms with E-state index >= 15 is 0 Å². The third kappa shape index (κ3) is 5.76. The van der Waals surface area contributed by atoms with Gasteiger partial charge in [-0.3, -0.25) is 19.3 Å². The van der Waals surface area contributed by atoms with Gasteiger partial charge >= 0.3 is 0 Å². The van der Waals surface area contributed by atoms with Crippen molar-refractivity contribution in [2.45, 2.75) is 61.9 Å². The molecule has 0 spiro atoms. The van der Waals surface area contributed by atoms with Crippen LogP contribution in [0.15, 0.2) is 67.0 Å². The number of alkyl halides is 2. The van der Waals surface area contributed by atoms with Gasteiger partial charge in [0, 0.05) is 48.4 Å². The molecule has 3 amide bonds. The van der Waals surface area contributed by atoms with Crippen molar-refractivity contribution in [2.75, 3.05) is 10.2 Å². The molecule has 2 atom stereocenters. The summed E-state index contributed by atoms with van der Waals surface area (Å²) < 4.78 is 41.8. The average molecular weight is 586 g/mol. The fraction of sp³-hybridized carbons (Fsp3) is 0.345. The van der Waals surface area contributed by atoms with Crippen LogP contribution < -0.4 is 15.5 Å². The number of carbonyl (C=O) groups excluding carboxylic acids is 3. The summed E-state index contributed by atoms with van der Waals surface area (Å²) in [4.78, 5) is 51.6. The predicted octanol–water partition coefficient (Wildman–Crippen LogP) is 5.25. The number of rotatable bonds is 7. The van der Waals surface area contributed by atoms with Crippen molar-refractivity contribution in [3.63, 3.8) is 0 Å². The fourth-order valence-corrected chi connectivity index (χ4v) is 5.90. The molecule has 0 bridgehead atoms. The van der Waals surface area contributed by atoms with Gasteiger partial charge in [-0.1, -0.05) is 35.9 Å². The zero-order valence-electron chi connectivity index (χ0n) is 21.8. The molecule has 1 aromatic heterocycles. The van der Waals surface area contributed by atoms with Crippen LogP contribution in [0.2, 0.25) is 5.02 Å². The van der Waals surface area contributed by atoms with Crippen LogP contribution in [0.1, 0.15) is 50.0 Å². The first-order chi connectivity index (χ1) is 19.6. The second kappa shape index (κ2) is 11.5. The van der Waals surface area contributed by atoms with Crippen LogP contribution in [0.4, 0.5) is 24.8 Å². The SMILES string of the molecule is O=C(NC1CCC(F)(F)CC1)[C@@H](c1ccccc1Cl)C1(C(=O)Nc2cccc(F)c2)CCC(=O)N1c1ncccn1. The molecule has 2 aromatic carbocycles. The molecule has 214 valence electrons. The van der Waals surface area contributed by atoms with E-state index in [0.29, 0.717) is 0 Å². The molecule has 2 N–H and O–H groups in total. The Morgan fingerprint density at radius 1 is 1.00 bits per heavy atom. The van der Waals surface area contributed by atoms with Crippen LogP contribution in [0.5, 0.6) is 0 Å². The van der Waals surface area contributed by atoms with Gasteiger partial charge in [0.2, 0.25) is 23.7 Å². The summed E-state index contributed by atoms with van der Waals surface area (Å²) in [5, 5.41) is 5.68. The lowest BCUT2D eigenvalue weighted by Crippen LogP contribution is -2.62. The summed E-state index contributed by atoms with van der Waals surface area (Å²) in [5.41, 5.74) is -1.59. The highest BCUT2D eigenvalue weighted by Gasteiger charge is 2.61. The van der Waals surface area contributed by atoms with Crippen LogP contribution >= 0.6 is 11.6 Å². The summed E-state index contributed by atoms with van der Waals surface area (Å²) in [6.07, 6.45) is 1.86. The number of nitrogens with zero attached hydrogens (tertiary/aromatic N) is 3. The normalized spacial score (nSPS) is 21.4. The van der Waals surface area contributed by atoms with Crippen LogP contribution in [-0.2, 0) is 14.4 Å². The Morgan fingerprint density at radius 3 is 2.39 bits per heavy atom. The van der Waals surface area contributed by atoms with Crippen LogP contribution in [-0.4, -0.2) is 45.2 Å². The van der Waals surface area contributed by atoms with Crippen molar-refractivity contribution in [1.82, 2.24) is 15.3 Å². The second-order valence-corrected chi connectivity index (χ2v) is 10.7. The third-order valence-electron chi connectivity index (χ3n) is 7.62. The summed E-state index contributed by atoms with van der Waals surface area (Å²) in [7, 11) is 0. The van der Waals surface area contributed by atoms with Crippen LogP contribution in [0.25, 0.3) is 0 Å². The van der Waals surface area contributed by atoms with Crippen molar-refractivity contribution >= 4 is 41.0 Å². The van der Waals surface area contributed by atoms with E-state index in [1.165, 1.54) is 36.7 Å². The standard InChI is InChI=1S/C29H27ClF3N5O3/c30-22-8-2-1-7-21(22)24(25(40)36-19-9-12-28(32,33)13-10-19)29(26(41)37-20-6-3-5-18(31)17-20)14-11-23(39)38(29)27-34-15-4-16-35-27/h1-8,15-17,19,24H,9-14H2,(H,36,40)(H,37,41)/t24-,29?/m1/s1. The molecule has 2 fully saturated rings. The molecule has 2 heterocycles. The first-order valence-electron chi connectivity index (χ1n) is 13.2. The van der Waals surface area contributed by atoms with Gasteiger partial charge < -0.3 is 10.6 Å². The van der Waals surface area contributed by atoms with Gasteiger partial charge in [0.05, 0.1) is 5.92 Å². The molecule has 12 heteroatoms. The predicted molar refractivity (Wildman–Crippen MR) is 146 cm³/mol. The fourth-order valence-electron chi connectivity index (χ4n) is 5.66. The van der Waals surface area contributed by atoms with Gasteiger partial charge in [-0.25, -0.2) is 23.1 Å². The van der Waals surface area contributed by atoms with Gasteiger partial charge in [-0.05, 0) is 55.2 Å². The number of anilines is 2. The maximum atomic E-state index is 14.4. The number of amides is 3. The molecule has 1 unspecified atom stereocenters. The van der Waals surface area contributed by atoms with Gasteiger partial charge in [-0.2, -0.15) is 0 Å². The lowest BCUT2D eigenvalue weighted by atomic mass is 9.75. The molecule has 41 heavy (non-hydrogen) atoms. The molecule has 5 rings (SSSR count). The first-order valence-corrected chi connectivity index (χ1v) is 13.6. The van der Waals surface area contributed by atoms with E-state index in [-0.39, 0.29) is 60.7 Å². The minimum absolute atomic E-state index is 0.0426. The highest BCUT2D eigenvalue weighted by Crippen LogP contribution is 2.47. The molecule has 3 aromatic rings. The molecule has 1 aliphatic heterocycles. The number of carbonyl (C=O) groups is 3.